The lowest BCUT2D eigenvalue weighted by Gasteiger charge is -2.26. The molecule has 2 aromatic carbocycles. The number of benzene rings is 2. The number of halogens is 1. The normalized spacial score (nSPS) is 16.9. The molecular weight excluding hydrogens is 564 g/mol. The molecule has 0 bridgehead atoms. The van der Waals surface area contributed by atoms with Gasteiger partial charge in [-0.05, 0) is 54.6 Å². The fourth-order valence-electron chi connectivity index (χ4n) is 3.70. The van der Waals surface area contributed by atoms with Crippen LogP contribution < -0.4 is 9.47 Å². The van der Waals surface area contributed by atoms with Crippen LogP contribution in [-0.4, -0.2) is 78.7 Å². The second-order valence-electron chi connectivity index (χ2n) is 8.12. The predicted molar refractivity (Wildman–Crippen MR) is 142 cm³/mol. The summed E-state index contributed by atoms with van der Waals surface area (Å²) in [6.07, 6.45) is 1.57. The van der Waals surface area contributed by atoms with Gasteiger partial charge >= 0.3 is 0 Å². The average Bonchev–Trinajstić information content (AvgIpc) is 3.16. The van der Waals surface area contributed by atoms with Crippen LogP contribution in [-0.2, 0) is 14.3 Å². The second kappa shape index (κ2) is 12.4. The highest BCUT2D eigenvalue weighted by Crippen LogP contribution is 2.35. The molecule has 0 aromatic heterocycles. The molecule has 2 saturated heterocycles. The summed E-state index contributed by atoms with van der Waals surface area (Å²) >= 11 is 4.09. The number of ketones is 1. The largest absolute Gasteiger partial charge is 0.490 e. The van der Waals surface area contributed by atoms with Crippen LogP contribution in [0.15, 0.2) is 51.8 Å². The number of rotatable bonds is 9. The molecule has 194 valence electrons. The number of amides is 3. The first-order valence-electron chi connectivity index (χ1n) is 11.6. The number of nitrogens with zero attached hydrogens (tertiary/aromatic N) is 2. The first-order chi connectivity index (χ1) is 17.9. The van der Waals surface area contributed by atoms with E-state index in [1.54, 1.807) is 53.4 Å². The number of thioether (sulfide) groups is 1. The van der Waals surface area contributed by atoms with Gasteiger partial charge in [-0.3, -0.25) is 24.1 Å². The summed E-state index contributed by atoms with van der Waals surface area (Å²) in [6.45, 7) is 3.80. The molecule has 9 nitrogen and oxygen atoms in total. The second-order valence-corrected chi connectivity index (χ2v) is 10.0. The van der Waals surface area contributed by atoms with E-state index in [0.717, 1.165) is 21.1 Å². The third-order valence-corrected chi connectivity index (χ3v) is 7.06. The van der Waals surface area contributed by atoms with Crippen molar-refractivity contribution in [3.05, 3.63) is 63.0 Å². The summed E-state index contributed by atoms with van der Waals surface area (Å²) in [7, 11) is 0. The fourth-order valence-corrected chi connectivity index (χ4v) is 4.81. The zero-order valence-electron chi connectivity index (χ0n) is 20.1. The molecule has 0 unspecified atom stereocenters. The topological polar surface area (TPSA) is 102 Å². The van der Waals surface area contributed by atoms with Crippen molar-refractivity contribution in [2.45, 2.75) is 6.92 Å². The average molecular weight is 589 g/mol. The minimum atomic E-state index is -0.533. The van der Waals surface area contributed by atoms with Crippen LogP contribution in [0, 0.1) is 0 Å². The lowest BCUT2D eigenvalue weighted by Crippen LogP contribution is -2.43. The Hall–Kier alpha value is -3.15. The fraction of sp³-hybridized carbons (Fsp3) is 0.308. The van der Waals surface area contributed by atoms with Gasteiger partial charge in [-0.15, -0.1) is 0 Å². The number of ether oxygens (including phenoxy) is 3. The van der Waals surface area contributed by atoms with Gasteiger partial charge in [0.25, 0.3) is 17.1 Å². The number of hydrogen-bond donors (Lipinski definition) is 0. The standard InChI is InChI=1S/C26H25BrN2O7S/c1-2-35-22-13-17(3-8-21(22)36-16-24(31)28-9-11-34-12-10-28)14-23-25(32)29(26(33)37-23)15-20(30)18-4-6-19(27)7-5-18/h3-8,13-14H,2,9-12,15-16H2,1H3/b23-14-. The van der Waals surface area contributed by atoms with Crippen molar-refractivity contribution in [1.29, 1.82) is 0 Å². The molecule has 0 spiro atoms. The summed E-state index contributed by atoms with van der Waals surface area (Å²) in [6, 6.07) is 11.8. The Kier molecular flexibility index (Phi) is 9.01. The van der Waals surface area contributed by atoms with Crippen LogP contribution in [0.5, 0.6) is 11.5 Å². The summed E-state index contributed by atoms with van der Waals surface area (Å²) in [5.41, 5.74) is 1.02. The third kappa shape index (κ3) is 6.79. The molecule has 2 aromatic rings. The van der Waals surface area contributed by atoms with Gasteiger partial charge in [0.2, 0.25) is 0 Å². The minimum absolute atomic E-state index is 0.134. The molecule has 0 N–H and O–H groups in total. The molecule has 3 amide bonds. The van der Waals surface area contributed by atoms with Gasteiger partial charge in [0, 0.05) is 23.1 Å². The summed E-state index contributed by atoms with van der Waals surface area (Å²) in [4.78, 5) is 53.2. The highest BCUT2D eigenvalue weighted by atomic mass is 79.9. The molecule has 2 aliphatic rings. The van der Waals surface area contributed by atoms with Gasteiger partial charge in [-0.2, -0.15) is 0 Å². The van der Waals surface area contributed by atoms with E-state index in [9.17, 15) is 19.2 Å². The van der Waals surface area contributed by atoms with E-state index in [1.165, 1.54) is 0 Å². The van der Waals surface area contributed by atoms with Crippen LogP contribution >= 0.6 is 27.7 Å². The highest BCUT2D eigenvalue weighted by Gasteiger charge is 2.36. The van der Waals surface area contributed by atoms with E-state index >= 15 is 0 Å². The Morgan fingerprint density at radius 1 is 1.05 bits per heavy atom. The van der Waals surface area contributed by atoms with Gasteiger partial charge in [0.1, 0.15) is 0 Å². The zero-order valence-corrected chi connectivity index (χ0v) is 22.5. The molecule has 4 rings (SSSR count). The number of carbonyl (C=O) groups is 4. The van der Waals surface area contributed by atoms with Gasteiger partial charge < -0.3 is 19.1 Å². The van der Waals surface area contributed by atoms with Crippen molar-refractivity contribution in [3.63, 3.8) is 0 Å². The van der Waals surface area contributed by atoms with Gasteiger partial charge in [-0.25, -0.2) is 0 Å². The summed E-state index contributed by atoms with van der Waals surface area (Å²) in [5.74, 6) is -0.191. The maximum absolute atomic E-state index is 12.9. The van der Waals surface area contributed by atoms with E-state index in [4.69, 9.17) is 14.2 Å². The lowest BCUT2D eigenvalue weighted by atomic mass is 10.1. The Balaban J connectivity index is 1.44. The minimum Gasteiger partial charge on any atom is -0.490 e. The summed E-state index contributed by atoms with van der Waals surface area (Å²) < 4.78 is 17.5. The Labute approximate surface area is 226 Å². The maximum atomic E-state index is 12.9. The maximum Gasteiger partial charge on any atom is 0.293 e. The van der Waals surface area contributed by atoms with E-state index in [1.807, 2.05) is 6.92 Å². The van der Waals surface area contributed by atoms with Crippen molar-refractivity contribution in [3.8, 4) is 11.5 Å². The van der Waals surface area contributed by atoms with Crippen LogP contribution in [0.4, 0.5) is 4.79 Å². The molecular formula is C26H25BrN2O7S. The zero-order chi connectivity index (χ0) is 26.4. The first kappa shape index (κ1) is 26.9. The Bertz CT molecular complexity index is 1230. The van der Waals surface area contributed by atoms with Crippen molar-refractivity contribution in [2.24, 2.45) is 0 Å². The predicted octanol–water partition coefficient (Wildman–Crippen LogP) is 4.00. The number of imide groups is 1. The van der Waals surface area contributed by atoms with Gasteiger partial charge in [0.05, 0.1) is 31.3 Å². The Morgan fingerprint density at radius 3 is 2.49 bits per heavy atom. The van der Waals surface area contributed by atoms with Crippen LogP contribution in [0.2, 0.25) is 0 Å². The number of morpholine rings is 1. The molecule has 37 heavy (non-hydrogen) atoms. The molecule has 11 heteroatoms. The smallest absolute Gasteiger partial charge is 0.293 e. The molecule has 0 saturated carbocycles. The van der Waals surface area contributed by atoms with Gasteiger partial charge in [0.15, 0.2) is 23.9 Å². The van der Waals surface area contributed by atoms with Crippen molar-refractivity contribution >= 4 is 56.6 Å². The third-order valence-electron chi connectivity index (χ3n) is 5.62. The quantitative estimate of drug-likeness (QED) is 0.320. The molecule has 2 fully saturated rings. The van der Waals surface area contributed by atoms with Crippen molar-refractivity contribution < 1.29 is 33.4 Å². The molecule has 0 atom stereocenters. The lowest BCUT2D eigenvalue weighted by molar-refractivity contribution is -0.137. The van der Waals surface area contributed by atoms with E-state index in [-0.39, 0.29) is 29.7 Å². The van der Waals surface area contributed by atoms with Crippen molar-refractivity contribution in [2.75, 3.05) is 46.1 Å². The molecule has 0 radical (unpaired) electrons. The molecule has 2 aliphatic heterocycles. The van der Waals surface area contributed by atoms with Crippen LogP contribution in [0.3, 0.4) is 0 Å². The monoisotopic (exact) mass is 588 g/mol. The number of hydrogen-bond acceptors (Lipinski definition) is 8. The Morgan fingerprint density at radius 2 is 1.78 bits per heavy atom. The van der Waals surface area contributed by atoms with E-state index in [0.29, 0.717) is 55.5 Å². The van der Waals surface area contributed by atoms with Gasteiger partial charge in [-0.1, -0.05) is 34.1 Å². The van der Waals surface area contributed by atoms with Crippen molar-refractivity contribution in [1.82, 2.24) is 9.80 Å². The first-order valence-corrected chi connectivity index (χ1v) is 13.3. The molecule has 2 heterocycles. The highest BCUT2D eigenvalue weighted by molar-refractivity contribution is 9.10. The van der Waals surface area contributed by atoms with E-state index < -0.39 is 11.1 Å². The molecule has 0 aliphatic carbocycles. The number of Topliss-reactive ketones (excluding diaryl/α,β-unsaturated/α-hetero) is 1. The number of carbonyl (C=O) groups excluding carboxylic acids is 4. The van der Waals surface area contributed by atoms with Crippen LogP contribution in [0.1, 0.15) is 22.8 Å². The SMILES string of the molecule is CCOc1cc(/C=C2\SC(=O)N(CC(=O)c3ccc(Br)cc3)C2=O)ccc1OCC(=O)N1CCOCC1. The van der Waals surface area contributed by atoms with Crippen LogP contribution in [0.25, 0.3) is 6.08 Å². The summed E-state index contributed by atoms with van der Waals surface area (Å²) in [5, 5.41) is -0.506. The van der Waals surface area contributed by atoms with E-state index in [2.05, 4.69) is 15.9 Å².